The molecule has 1 atom stereocenters. The van der Waals surface area contributed by atoms with E-state index in [-0.39, 0.29) is 0 Å². The number of rotatable bonds is 2. The Morgan fingerprint density at radius 2 is 2.43 bits per heavy atom. The Morgan fingerprint density at radius 3 is 2.93 bits per heavy atom. The molecule has 5 nitrogen and oxygen atoms in total. The number of nitrogens with two attached hydrogens (primary N) is 1. The van der Waals surface area contributed by atoms with Gasteiger partial charge in [0.2, 0.25) is 5.89 Å². The molecule has 0 bridgehead atoms. The van der Waals surface area contributed by atoms with Gasteiger partial charge in [-0.15, -0.1) is 11.3 Å². The van der Waals surface area contributed by atoms with Crippen molar-refractivity contribution in [2.24, 2.45) is 5.73 Å². The van der Waals surface area contributed by atoms with E-state index in [1.54, 1.807) is 13.1 Å². The Hall–Kier alpha value is -0.980. The van der Waals surface area contributed by atoms with Gasteiger partial charge in [0, 0.05) is 6.92 Å². The molecule has 14 heavy (non-hydrogen) atoms. The topological polar surface area (TPSA) is 77.8 Å². The summed E-state index contributed by atoms with van der Waals surface area (Å²) in [4.78, 5) is 8.06. The molecule has 0 saturated carbocycles. The molecule has 2 aromatic heterocycles. The molecular weight excluding hydrogens is 224 g/mol. The molecule has 0 aliphatic heterocycles. The van der Waals surface area contributed by atoms with Gasteiger partial charge in [-0.05, 0) is 0 Å². The lowest BCUT2D eigenvalue weighted by Gasteiger charge is -2.00. The predicted octanol–water partition coefficient (Wildman–Crippen LogP) is 1.54. The first kappa shape index (κ1) is 9.57. The van der Waals surface area contributed by atoms with E-state index in [0.29, 0.717) is 21.1 Å². The van der Waals surface area contributed by atoms with Gasteiger partial charge in [-0.3, -0.25) is 0 Å². The molecule has 0 saturated heterocycles. The van der Waals surface area contributed by atoms with Crippen LogP contribution >= 0.6 is 22.9 Å². The number of aryl methyl sites for hydroxylation is 1. The Morgan fingerprint density at radius 1 is 1.64 bits per heavy atom. The van der Waals surface area contributed by atoms with Crippen LogP contribution in [0.15, 0.2) is 10.7 Å². The molecule has 0 amide bonds. The van der Waals surface area contributed by atoms with Crippen molar-refractivity contribution >= 4 is 22.9 Å². The number of nitrogens with zero attached hydrogens (tertiary/aromatic N) is 3. The van der Waals surface area contributed by atoms with Crippen LogP contribution in [0, 0.1) is 6.92 Å². The summed E-state index contributed by atoms with van der Waals surface area (Å²) in [5, 5.41) is 4.39. The van der Waals surface area contributed by atoms with E-state index in [0.717, 1.165) is 0 Å². The van der Waals surface area contributed by atoms with Crippen molar-refractivity contribution in [3.63, 3.8) is 0 Å². The Bertz CT molecular complexity index is 400. The smallest absolute Gasteiger partial charge is 0.223 e. The molecular formula is C7H7ClN4OS. The van der Waals surface area contributed by atoms with Gasteiger partial charge in [-0.25, -0.2) is 4.98 Å². The highest BCUT2D eigenvalue weighted by Crippen LogP contribution is 2.25. The minimum absolute atomic E-state index is 0.425. The molecule has 2 heterocycles. The maximum absolute atomic E-state index is 5.85. The monoisotopic (exact) mass is 230 g/mol. The molecule has 0 radical (unpaired) electrons. The van der Waals surface area contributed by atoms with Crippen LogP contribution in [0.5, 0.6) is 0 Å². The zero-order valence-corrected chi connectivity index (χ0v) is 8.84. The number of hydrogen-bond acceptors (Lipinski definition) is 6. The van der Waals surface area contributed by atoms with Crippen molar-refractivity contribution in [1.29, 1.82) is 0 Å². The summed E-state index contributed by atoms with van der Waals surface area (Å²) in [6.45, 7) is 1.71. The van der Waals surface area contributed by atoms with Crippen molar-refractivity contribution < 1.29 is 4.52 Å². The van der Waals surface area contributed by atoms with Crippen LogP contribution in [0.4, 0.5) is 0 Å². The fourth-order valence-corrected chi connectivity index (χ4v) is 1.89. The van der Waals surface area contributed by atoms with Crippen LogP contribution in [0.1, 0.15) is 22.8 Å². The van der Waals surface area contributed by atoms with Crippen LogP contribution in [0.3, 0.4) is 0 Å². The summed E-state index contributed by atoms with van der Waals surface area (Å²) in [5.74, 6) is 0.909. The Kier molecular flexibility index (Phi) is 2.49. The predicted molar refractivity (Wildman–Crippen MR) is 52.2 cm³/mol. The minimum Gasteiger partial charge on any atom is -0.340 e. The van der Waals surface area contributed by atoms with Gasteiger partial charge in [-0.1, -0.05) is 16.8 Å². The number of hydrogen-bond donors (Lipinski definition) is 1. The zero-order valence-electron chi connectivity index (χ0n) is 7.27. The van der Waals surface area contributed by atoms with E-state index in [1.165, 1.54) is 11.3 Å². The average molecular weight is 231 g/mol. The lowest BCUT2D eigenvalue weighted by molar-refractivity contribution is 0.385. The first-order valence-corrected chi connectivity index (χ1v) is 5.03. The molecule has 2 rings (SSSR count). The highest BCUT2D eigenvalue weighted by atomic mass is 35.5. The van der Waals surface area contributed by atoms with Gasteiger partial charge in [0.15, 0.2) is 5.82 Å². The van der Waals surface area contributed by atoms with E-state index in [4.69, 9.17) is 21.9 Å². The number of halogens is 1. The summed E-state index contributed by atoms with van der Waals surface area (Å²) in [6.07, 6.45) is 1.55. The summed E-state index contributed by atoms with van der Waals surface area (Å²) in [5.41, 5.74) is 5.85. The second kappa shape index (κ2) is 3.64. The molecule has 2 N–H and O–H groups in total. The third-order valence-electron chi connectivity index (χ3n) is 1.58. The summed E-state index contributed by atoms with van der Waals surface area (Å²) < 4.78 is 5.41. The zero-order chi connectivity index (χ0) is 10.1. The van der Waals surface area contributed by atoms with Crippen LogP contribution in [0.25, 0.3) is 0 Å². The second-order valence-electron chi connectivity index (χ2n) is 2.65. The summed E-state index contributed by atoms with van der Waals surface area (Å²) in [7, 11) is 0. The second-order valence-corrected chi connectivity index (χ2v) is 4.35. The van der Waals surface area contributed by atoms with Crippen molar-refractivity contribution in [1.82, 2.24) is 15.1 Å². The molecule has 7 heteroatoms. The highest BCUT2D eigenvalue weighted by Gasteiger charge is 2.18. The molecule has 0 aromatic carbocycles. The van der Waals surface area contributed by atoms with Crippen molar-refractivity contribution in [2.75, 3.05) is 0 Å². The molecule has 74 valence electrons. The van der Waals surface area contributed by atoms with Gasteiger partial charge in [0.25, 0.3) is 0 Å². The van der Waals surface area contributed by atoms with Crippen LogP contribution in [0.2, 0.25) is 4.34 Å². The number of aromatic nitrogens is 3. The third-order valence-corrected chi connectivity index (χ3v) is 2.78. The first-order chi connectivity index (χ1) is 6.66. The van der Waals surface area contributed by atoms with E-state index in [9.17, 15) is 0 Å². The van der Waals surface area contributed by atoms with Gasteiger partial charge in [0.1, 0.15) is 15.4 Å². The standard InChI is InChI=1S/C7H7ClN4OS/c1-3-11-6(12-13-3)5(9)7-10-2-4(8)14-7/h2,5H,9H2,1H3. The largest absolute Gasteiger partial charge is 0.340 e. The average Bonchev–Trinajstić information content (AvgIpc) is 2.73. The maximum Gasteiger partial charge on any atom is 0.223 e. The molecule has 0 spiro atoms. The van der Waals surface area contributed by atoms with Crippen molar-refractivity contribution in [3.8, 4) is 0 Å². The van der Waals surface area contributed by atoms with E-state index < -0.39 is 6.04 Å². The molecule has 0 fully saturated rings. The van der Waals surface area contributed by atoms with Gasteiger partial charge in [0.05, 0.1) is 6.20 Å². The molecule has 1 unspecified atom stereocenters. The maximum atomic E-state index is 5.85. The Labute approximate surface area is 88.9 Å². The normalized spacial score (nSPS) is 13.1. The minimum atomic E-state index is -0.468. The molecule has 2 aromatic rings. The van der Waals surface area contributed by atoms with Crippen LogP contribution < -0.4 is 5.73 Å². The SMILES string of the molecule is Cc1nc(C(N)c2ncc(Cl)s2)no1. The highest BCUT2D eigenvalue weighted by molar-refractivity contribution is 7.15. The van der Waals surface area contributed by atoms with E-state index >= 15 is 0 Å². The fourth-order valence-electron chi connectivity index (χ4n) is 0.962. The lowest BCUT2D eigenvalue weighted by Crippen LogP contribution is -2.13. The van der Waals surface area contributed by atoms with Crippen molar-refractivity contribution in [2.45, 2.75) is 13.0 Å². The first-order valence-electron chi connectivity index (χ1n) is 3.84. The van der Waals surface area contributed by atoms with E-state index in [2.05, 4.69) is 15.1 Å². The lowest BCUT2D eigenvalue weighted by atomic mass is 10.3. The molecule has 0 aliphatic rings. The van der Waals surface area contributed by atoms with Crippen LogP contribution in [-0.2, 0) is 0 Å². The summed E-state index contributed by atoms with van der Waals surface area (Å²) in [6, 6.07) is -0.468. The van der Waals surface area contributed by atoms with E-state index in [1.807, 2.05) is 0 Å². The van der Waals surface area contributed by atoms with Crippen LogP contribution in [-0.4, -0.2) is 15.1 Å². The third kappa shape index (κ3) is 1.77. The van der Waals surface area contributed by atoms with Gasteiger partial charge >= 0.3 is 0 Å². The number of thiazole rings is 1. The van der Waals surface area contributed by atoms with Gasteiger partial charge < -0.3 is 10.3 Å². The Balaban J connectivity index is 2.28. The quantitative estimate of drug-likeness (QED) is 0.847. The van der Waals surface area contributed by atoms with Gasteiger partial charge in [-0.2, -0.15) is 4.98 Å². The molecule has 0 aliphatic carbocycles. The summed E-state index contributed by atoms with van der Waals surface area (Å²) >= 11 is 7.04. The fraction of sp³-hybridized carbons (Fsp3) is 0.286. The van der Waals surface area contributed by atoms with Crippen molar-refractivity contribution in [3.05, 3.63) is 27.3 Å².